The highest BCUT2D eigenvalue weighted by Crippen LogP contribution is 2.19. The summed E-state index contributed by atoms with van der Waals surface area (Å²) in [4.78, 5) is -0.270. The molecule has 1 unspecified atom stereocenters. The van der Waals surface area contributed by atoms with Crippen molar-refractivity contribution in [2.24, 2.45) is 0 Å². The predicted molar refractivity (Wildman–Crippen MR) is 67.2 cm³/mol. The van der Waals surface area contributed by atoms with Crippen LogP contribution < -0.4 is 10.0 Å². The maximum atomic E-state index is 13.0. The van der Waals surface area contributed by atoms with E-state index in [1.165, 1.54) is 0 Å². The molecule has 0 bridgehead atoms. The molecule has 2 N–H and O–H groups in total. The highest BCUT2D eigenvalue weighted by atomic mass is 32.2. The Hall–Kier alpha value is -1.05. The zero-order valence-electron chi connectivity index (χ0n) is 10.5. The van der Waals surface area contributed by atoms with Gasteiger partial charge >= 0.3 is 0 Å². The summed E-state index contributed by atoms with van der Waals surface area (Å²) in [6.45, 7) is 2.99. The lowest BCUT2D eigenvalue weighted by Gasteiger charge is -2.24. The minimum Gasteiger partial charge on any atom is -0.310 e. The van der Waals surface area contributed by atoms with Gasteiger partial charge in [0.2, 0.25) is 10.0 Å². The van der Waals surface area contributed by atoms with Gasteiger partial charge < -0.3 is 5.32 Å². The third-order valence-electron chi connectivity index (χ3n) is 3.31. The first-order chi connectivity index (χ1) is 8.82. The second-order valence-electron chi connectivity index (χ2n) is 4.99. The van der Waals surface area contributed by atoms with Crippen LogP contribution in [0.25, 0.3) is 0 Å². The Morgan fingerprint density at radius 3 is 2.68 bits per heavy atom. The summed E-state index contributed by atoms with van der Waals surface area (Å²) in [5.74, 6) is -2.24. The molecule has 0 saturated carbocycles. The van der Waals surface area contributed by atoms with Crippen molar-refractivity contribution in [2.45, 2.75) is 30.2 Å². The monoisotopic (exact) mass is 290 g/mol. The Bertz CT molecular complexity index is 569. The Morgan fingerprint density at radius 2 is 2.11 bits per heavy atom. The van der Waals surface area contributed by atoms with Gasteiger partial charge in [0.15, 0.2) is 11.6 Å². The fraction of sp³-hybridized carbons (Fsp3) is 0.500. The molecule has 1 aromatic rings. The predicted octanol–water partition coefficient (Wildman–Crippen LogP) is 1.39. The fourth-order valence-electron chi connectivity index (χ4n) is 2.09. The molecule has 0 amide bonds. The number of hydrogen-bond acceptors (Lipinski definition) is 3. The molecule has 1 heterocycles. The molecule has 1 aliphatic rings. The molecule has 0 aromatic heterocycles. The SMILES string of the molecule is CC1(CNS(=O)(=O)c2ccc(F)c(F)c2)CCCN1. The average Bonchev–Trinajstić information content (AvgIpc) is 2.78. The van der Waals surface area contributed by atoms with E-state index in [0.29, 0.717) is 6.07 Å². The van der Waals surface area contributed by atoms with E-state index in [1.807, 2.05) is 6.92 Å². The minimum absolute atomic E-state index is 0.217. The van der Waals surface area contributed by atoms with Crippen LogP contribution in [0.15, 0.2) is 23.1 Å². The number of halogens is 2. The van der Waals surface area contributed by atoms with Crippen molar-refractivity contribution < 1.29 is 17.2 Å². The molecule has 0 radical (unpaired) electrons. The molecule has 7 heteroatoms. The van der Waals surface area contributed by atoms with Gasteiger partial charge in [-0.15, -0.1) is 0 Å². The summed E-state index contributed by atoms with van der Waals surface area (Å²) >= 11 is 0. The lowest BCUT2D eigenvalue weighted by Crippen LogP contribution is -2.47. The highest BCUT2D eigenvalue weighted by Gasteiger charge is 2.29. The first kappa shape index (κ1) is 14.4. The smallest absolute Gasteiger partial charge is 0.240 e. The van der Waals surface area contributed by atoms with Crippen molar-refractivity contribution in [1.29, 1.82) is 0 Å². The minimum atomic E-state index is -3.82. The van der Waals surface area contributed by atoms with Gasteiger partial charge in [-0.1, -0.05) is 0 Å². The van der Waals surface area contributed by atoms with Crippen molar-refractivity contribution in [3.8, 4) is 0 Å². The molecule has 0 aliphatic carbocycles. The summed E-state index contributed by atoms with van der Waals surface area (Å²) in [6.07, 6.45) is 1.86. The van der Waals surface area contributed by atoms with Gasteiger partial charge in [-0.05, 0) is 44.5 Å². The number of hydrogen-bond donors (Lipinski definition) is 2. The summed E-state index contributed by atoms with van der Waals surface area (Å²) < 4.78 is 52.2. The molecule has 4 nitrogen and oxygen atoms in total. The zero-order chi connectivity index (χ0) is 14.1. The summed E-state index contributed by atoms with van der Waals surface area (Å²) in [6, 6.07) is 2.53. The number of sulfonamides is 1. The normalized spacial score (nSPS) is 23.7. The molecule has 1 saturated heterocycles. The lowest BCUT2D eigenvalue weighted by molar-refractivity contribution is 0.409. The van der Waals surface area contributed by atoms with Crippen molar-refractivity contribution >= 4 is 10.0 Å². The molecule has 0 spiro atoms. The van der Waals surface area contributed by atoms with Crippen LogP contribution in [-0.2, 0) is 10.0 Å². The second kappa shape index (κ2) is 5.15. The van der Waals surface area contributed by atoms with Crippen molar-refractivity contribution in [3.05, 3.63) is 29.8 Å². The molecule has 1 aromatic carbocycles. The molecule has 2 rings (SSSR count). The van der Waals surface area contributed by atoms with Crippen LogP contribution in [0.1, 0.15) is 19.8 Å². The van der Waals surface area contributed by atoms with Crippen LogP contribution in [0, 0.1) is 11.6 Å². The quantitative estimate of drug-likeness (QED) is 0.881. The van der Waals surface area contributed by atoms with E-state index in [1.54, 1.807) is 0 Å². The Kier molecular flexibility index (Phi) is 3.89. The van der Waals surface area contributed by atoms with E-state index in [2.05, 4.69) is 10.0 Å². The van der Waals surface area contributed by atoms with Gasteiger partial charge in [-0.2, -0.15) is 0 Å². The van der Waals surface area contributed by atoms with Gasteiger partial charge in [0.25, 0.3) is 0 Å². The fourth-order valence-corrected chi connectivity index (χ4v) is 3.27. The summed E-state index contributed by atoms with van der Waals surface area (Å²) in [5, 5.41) is 3.22. The van der Waals surface area contributed by atoms with Crippen molar-refractivity contribution in [1.82, 2.24) is 10.0 Å². The topological polar surface area (TPSA) is 58.2 Å². The van der Waals surface area contributed by atoms with E-state index in [0.717, 1.165) is 31.5 Å². The van der Waals surface area contributed by atoms with E-state index in [-0.39, 0.29) is 17.0 Å². The van der Waals surface area contributed by atoms with Crippen LogP contribution in [0.5, 0.6) is 0 Å². The zero-order valence-corrected chi connectivity index (χ0v) is 11.4. The molecule has 106 valence electrons. The second-order valence-corrected chi connectivity index (χ2v) is 6.76. The first-order valence-corrected chi connectivity index (χ1v) is 7.50. The van der Waals surface area contributed by atoms with Gasteiger partial charge in [-0.3, -0.25) is 0 Å². The third kappa shape index (κ3) is 3.29. The summed E-state index contributed by atoms with van der Waals surface area (Å²) in [5.41, 5.74) is -0.286. The molecule has 1 atom stereocenters. The summed E-state index contributed by atoms with van der Waals surface area (Å²) in [7, 11) is -3.82. The van der Waals surface area contributed by atoms with Gasteiger partial charge in [-0.25, -0.2) is 21.9 Å². The molecule has 19 heavy (non-hydrogen) atoms. The highest BCUT2D eigenvalue weighted by molar-refractivity contribution is 7.89. The van der Waals surface area contributed by atoms with Gasteiger partial charge in [0.1, 0.15) is 0 Å². The van der Waals surface area contributed by atoms with Gasteiger partial charge in [0, 0.05) is 12.1 Å². The molecule has 1 aliphatic heterocycles. The Morgan fingerprint density at radius 1 is 1.37 bits per heavy atom. The average molecular weight is 290 g/mol. The number of benzene rings is 1. The Labute approximate surface area is 111 Å². The van der Waals surface area contributed by atoms with Crippen LogP contribution in [0.4, 0.5) is 8.78 Å². The molecular formula is C12H16F2N2O2S. The molecule has 1 fully saturated rings. The van der Waals surface area contributed by atoms with Crippen molar-refractivity contribution in [2.75, 3.05) is 13.1 Å². The Balaban J connectivity index is 2.11. The lowest BCUT2D eigenvalue weighted by atomic mass is 10.0. The maximum absolute atomic E-state index is 13.0. The standard InChI is InChI=1S/C12H16F2N2O2S/c1-12(5-2-6-15-12)8-16-19(17,18)9-3-4-10(13)11(14)7-9/h3-4,7,15-16H,2,5-6,8H2,1H3. The number of nitrogens with one attached hydrogen (secondary N) is 2. The third-order valence-corrected chi connectivity index (χ3v) is 4.71. The van der Waals surface area contributed by atoms with E-state index < -0.39 is 21.7 Å². The van der Waals surface area contributed by atoms with Crippen LogP contribution in [0.3, 0.4) is 0 Å². The van der Waals surface area contributed by atoms with Crippen LogP contribution in [0.2, 0.25) is 0 Å². The van der Waals surface area contributed by atoms with Crippen LogP contribution >= 0.6 is 0 Å². The van der Waals surface area contributed by atoms with Crippen LogP contribution in [-0.4, -0.2) is 27.0 Å². The maximum Gasteiger partial charge on any atom is 0.240 e. The van der Waals surface area contributed by atoms with Crippen molar-refractivity contribution in [3.63, 3.8) is 0 Å². The van der Waals surface area contributed by atoms with E-state index in [9.17, 15) is 17.2 Å². The molecular weight excluding hydrogens is 274 g/mol. The van der Waals surface area contributed by atoms with E-state index >= 15 is 0 Å². The van der Waals surface area contributed by atoms with E-state index in [4.69, 9.17) is 0 Å². The number of rotatable bonds is 4. The largest absolute Gasteiger partial charge is 0.310 e. The first-order valence-electron chi connectivity index (χ1n) is 6.02. The van der Waals surface area contributed by atoms with Gasteiger partial charge in [0.05, 0.1) is 4.90 Å².